The molecule has 1 rings (SSSR count). The third-order valence-corrected chi connectivity index (χ3v) is 7.20. The minimum atomic E-state index is -0.622. The van der Waals surface area contributed by atoms with Crippen molar-refractivity contribution >= 4 is 23.5 Å². The quantitative estimate of drug-likeness (QED) is 0.298. The molecule has 0 bridgehead atoms. The van der Waals surface area contributed by atoms with E-state index in [0.717, 1.165) is 57.1 Å². The number of Topliss-reactive ketones (excluding diaryl/α,β-unsaturated/α-hetero) is 1. The Morgan fingerprint density at radius 3 is 2.63 bits per heavy atom. The molecule has 0 aliphatic heterocycles. The molecule has 0 aromatic heterocycles. The molecule has 1 saturated carbocycles. The van der Waals surface area contributed by atoms with Crippen LogP contribution < -0.4 is 0 Å². The van der Waals surface area contributed by atoms with Gasteiger partial charge in [-0.05, 0) is 39.5 Å². The van der Waals surface area contributed by atoms with Crippen LogP contribution in [0.15, 0.2) is 0 Å². The van der Waals surface area contributed by atoms with Crippen LogP contribution in [0.4, 0.5) is 0 Å². The summed E-state index contributed by atoms with van der Waals surface area (Å²) in [5.74, 6) is 1.19. The van der Waals surface area contributed by atoms with Crippen molar-refractivity contribution in [2.24, 2.45) is 5.92 Å². The zero-order chi connectivity index (χ0) is 20.1. The number of ether oxygens (including phenoxy) is 1. The molecule has 0 spiro atoms. The van der Waals surface area contributed by atoms with Crippen LogP contribution in [0.25, 0.3) is 0 Å². The highest BCUT2D eigenvalue weighted by Crippen LogP contribution is 2.37. The van der Waals surface area contributed by atoms with E-state index in [-0.39, 0.29) is 11.9 Å². The molecule has 158 valence electrons. The Bertz CT molecular complexity index is 436. The van der Waals surface area contributed by atoms with E-state index >= 15 is 0 Å². The summed E-state index contributed by atoms with van der Waals surface area (Å²) in [5, 5.41) is 10.9. The summed E-state index contributed by atoms with van der Waals surface area (Å²) in [5.41, 5.74) is -0.622. The number of hydrogen-bond donors (Lipinski definition) is 1. The number of hydrogen-bond acceptors (Lipinski definition) is 5. The number of carbonyl (C=O) groups is 2. The minimum Gasteiger partial charge on any atom is -0.466 e. The van der Waals surface area contributed by atoms with Gasteiger partial charge < -0.3 is 9.84 Å². The van der Waals surface area contributed by atoms with Gasteiger partial charge in [-0.3, -0.25) is 9.59 Å². The maximum Gasteiger partial charge on any atom is 0.305 e. The number of thioether (sulfide) groups is 1. The van der Waals surface area contributed by atoms with Gasteiger partial charge in [-0.15, -0.1) is 0 Å². The monoisotopic (exact) mass is 400 g/mol. The molecule has 0 heterocycles. The largest absolute Gasteiger partial charge is 0.466 e. The normalized spacial score (nSPS) is 22.0. The number of carbonyl (C=O) groups excluding carboxylic acids is 2. The number of unbranched alkanes of at least 4 members (excludes halogenated alkanes) is 5. The molecular weight excluding hydrogens is 360 g/mol. The lowest BCUT2D eigenvalue weighted by atomic mass is 9.98. The van der Waals surface area contributed by atoms with Gasteiger partial charge in [-0.25, -0.2) is 0 Å². The summed E-state index contributed by atoms with van der Waals surface area (Å²) in [6.45, 7) is 6.39. The zero-order valence-corrected chi connectivity index (χ0v) is 18.5. The summed E-state index contributed by atoms with van der Waals surface area (Å²) < 4.78 is 4.94. The maximum atomic E-state index is 12.3. The second-order valence-corrected chi connectivity index (χ2v) is 9.40. The fraction of sp³-hybridized carbons (Fsp3) is 0.909. The molecule has 0 radical (unpaired) electrons. The summed E-state index contributed by atoms with van der Waals surface area (Å²) in [6, 6.07) is 0. The number of ketones is 1. The molecule has 0 aromatic carbocycles. The molecule has 1 N–H and O–H groups in total. The van der Waals surface area contributed by atoms with Crippen molar-refractivity contribution in [2.75, 3.05) is 12.4 Å². The lowest BCUT2D eigenvalue weighted by Gasteiger charge is -2.26. The topological polar surface area (TPSA) is 63.6 Å². The molecule has 1 aliphatic rings. The first-order valence-electron chi connectivity index (χ1n) is 10.9. The Morgan fingerprint density at radius 2 is 1.93 bits per heavy atom. The number of rotatable bonds is 15. The molecule has 3 atom stereocenters. The smallest absolute Gasteiger partial charge is 0.305 e. The third-order valence-electron chi connectivity index (χ3n) is 5.42. The van der Waals surface area contributed by atoms with Gasteiger partial charge in [-0.2, -0.15) is 11.8 Å². The van der Waals surface area contributed by atoms with Crippen LogP contribution in [0.1, 0.15) is 97.8 Å². The van der Waals surface area contributed by atoms with Crippen molar-refractivity contribution in [3.63, 3.8) is 0 Å². The first kappa shape index (κ1) is 24.5. The standard InChI is InChI=1S/C22H40O4S/c1-4-6-11-16-22(3,25)17-27-20-15-14-19(23)18(20)12-9-7-8-10-13-21(24)26-5-2/h18,20,25H,4-17H2,1-3H3. The maximum absolute atomic E-state index is 12.3. The van der Waals surface area contributed by atoms with Gasteiger partial charge in [0.05, 0.1) is 12.2 Å². The van der Waals surface area contributed by atoms with E-state index in [1.165, 1.54) is 12.8 Å². The molecule has 0 saturated heterocycles. The van der Waals surface area contributed by atoms with Crippen molar-refractivity contribution in [1.82, 2.24) is 0 Å². The lowest BCUT2D eigenvalue weighted by molar-refractivity contribution is -0.143. The van der Waals surface area contributed by atoms with Crippen LogP contribution in [0.2, 0.25) is 0 Å². The van der Waals surface area contributed by atoms with Gasteiger partial charge >= 0.3 is 5.97 Å². The Balaban J connectivity index is 2.24. The van der Waals surface area contributed by atoms with E-state index in [1.54, 1.807) is 11.8 Å². The Hall–Kier alpha value is -0.550. The molecule has 5 heteroatoms. The first-order chi connectivity index (χ1) is 12.9. The summed E-state index contributed by atoms with van der Waals surface area (Å²) in [7, 11) is 0. The predicted octanol–water partition coefficient (Wildman–Crippen LogP) is 5.30. The highest BCUT2D eigenvalue weighted by Gasteiger charge is 2.35. The molecular formula is C22H40O4S. The molecule has 0 aromatic rings. The Kier molecular flexibility index (Phi) is 12.3. The number of esters is 1. The van der Waals surface area contributed by atoms with Crippen LogP contribution in [0.3, 0.4) is 0 Å². The van der Waals surface area contributed by atoms with Crippen molar-refractivity contribution in [1.29, 1.82) is 0 Å². The first-order valence-corrected chi connectivity index (χ1v) is 12.0. The van der Waals surface area contributed by atoms with Gasteiger partial charge in [0, 0.05) is 29.8 Å². The summed E-state index contributed by atoms with van der Waals surface area (Å²) in [4.78, 5) is 23.6. The van der Waals surface area contributed by atoms with Crippen molar-refractivity contribution in [2.45, 2.75) is 109 Å². The minimum absolute atomic E-state index is 0.106. The van der Waals surface area contributed by atoms with Gasteiger partial charge in [0.15, 0.2) is 0 Å². The molecule has 3 unspecified atom stereocenters. The second kappa shape index (κ2) is 13.6. The van der Waals surface area contributed by atoms with Crippen LogP contribution >= 0.6 is 11.8 Å². The predicted molar refractivity (Wildman–Crippen MR) is 113 cm³/mol. The van der Waals surface area contributed by atoms with Crippen LogP contribution in [0, 0.1) is 5.92 Å². The molecule has 27 heavy (non-hydrogen) atoms. The SMILES string of the molecule is CCCCCC(C)(O)CSC1CCC(=O)C1CCCCCCC(=O)OCC. The van der Waals surface area contributed by atoms with E-state index in [0.29, 0.717) is 30.5 Å². The average molecular weight is 401 g/mol. The van der Waals surface area contributed by atoms with Crippen molar-refractivity contribution < 1.29 is 19.4 Å². The van der Waals surface area contributed by atoms with Crippen LogP contribution in [-0.2, 0) is 14.3 Å². The van der Waals surface area contributed by atoms with E-state index in [4.69, 9.17) is 4.74 Å². The Labute approximate surface area is 170 Å². The summed E-state index contributed by atoms with van der Waals surface area (Å²) >= 11 is 1.81. The molecule has 1 fully saturated rings. The highest BCUT2D eigenvalue weighted by atomic mass is 32.2. The van der Waals surface area contributed by atoms with Crippen LogP contribution in [0.5, 0.6) is 0 Å². The number of aliphatic hydroxyl groups is 1. The third kappa shape index (κ3) is 10.5. The van der Waals surface area contributed by atoms with E-state index in [1.807, 2.05) is 13.8 Å². The lowest BCUT2D eigenvalue weighted by Crippen LogP contribution is -2.29. The highest BCUT2D eigenvalue weighted by molar-refractivity contribution is 8.00. The molecule has 0 amide bonds. The van der Waals surface area contributed by atoms with Crippen LogP contribution in [-0.4, -0.2) is 40.1 Å². The van der Waals surface area contributed by atoms with E-state index < -0.39 is 5.60 Å². The van der Waals surface area contributed by atoms with Gasteiger partial charge in [-0.1, -0.05) is 45.4 Å². The molecule has 1 aliphatic carbocycles. The van der Waals surface area contributed by atoms with E-state index in [9.17, 15) is 14.7 Å². The average Bonchev–Trinajstić information content (AvgIpc) is 2.97. The van der Waals surface area contributed by atoms with Gasteiger partial charge in [0.25, 0.3) is 0 Å². The zero-order valence-electron chi connectivity index (χ0n) is 17.6. The fourth-order valence-electron chi connectivity index (χ4n) is 3.76. The fourth-order valence-corrected chi connectivity index (χ4v) is 5.28. The Morgan fingerprint density at radius 1 is 1.19 bits per heavy atom. The molecule has 4 nitrogen and oxygen atoms in total. The van der Waals surface area contributed by atoms with Crippen molar-refractivity contribution in [3.05, 3.63) is 0 Å². The van der Waals surface area contributed by atoms with E-state index in [2.05, 4.69) is 6.92 Å². The van der Waals surface area contributed by atoms with Crippen molar-refractivity contribution in [3.8, 4) is 0 Å². The second-order valence-electron chi connectivity index (χ2n) is 8.17. The summed E-state index contributed by atoms with van der Waals surface area (Å²) in [6.07, 6.45) is 11.4. The van der Waals surface area contributed by atoms with Gasteiger partial charge in [0.2, 0.25) is 0 Å². The van der Waals surface area contributed by atoms with Gasteiger partial charge in [0.1, 0.15) is 5.78 Å².